The standard InChI is InChI=1S/C18H19F2N3O3/c1-25-16-9-21-10-17(22-16)26-14-3-2-6-23(11-14)18(24)7-12-4-5-13(19)8-15(12)20/h4-5,8-10,14H,2-3,6-7,11H2,1H3. The number of nitrogens with zero attached hydrogens (tertiary/aromatic N) is 3. The zero-order valence-electron chi connectivity index (χ0n) is 14.3. The van der Waals surface area contributed by atoms with Gasteiger partial charge in [-0.1, -0.05) is 6.07 Å². The van der Waals surface area contributed by atoms with Gasteiger partial charge in [0, 0.05) is 12.6 Å². The Bertz CT molecular complexity index is 788. The highest BCUT2D eigenvalue weighted by Gasteiger charge is 2.26. The molecule has 3 rings (SSSR count). The Morgan fingerprint density at radius 1 is 1.31 bits per heavy atom. The van der Waals surface area contributed by atoms with E-state index >= 15 is 0 Å². The van der Waals surface area contributed by atoms with Crippen molar-refractivity contribution in [2.75, 3.05) is 20.2 Å². The molecule has 1 aromatic heterocycles. The summed E-state index contributed by atoms with van der Waals surface area (Å²) in [6.45, 7) is 0.950. The molecule has 138 valence electrons. The number of carbonyl (C=O) groups is 1. The van der Waals surface area contributed by atoms with Gasteiger partial charge in [0.15, 0.2) is 0 Å². The van der Waals surface area contributed by atoms with Crippen molar-refractivity contribution in [2.24, 2.45) is 0 Å². The minimum atomic E-state index is -0.713. The second-order valence-corrected chi connectivity index (χ2v) is 6.03. The molecule has 1 unspecified atom stereocenters. The first-order chi connectivity index (χ1) is 12.5. The molecule has 1 aromatic carbocycles. The molecule has 26 heavy (non-hydrogen) atoms. The fourth-order valence-electron chi connectivity index (χ4n) is 2.86. The van der Waals surface area contributed by atoms with Crippen LogP contribution in [0.1, 0.15) is 18.4 Å². The van der Waals surface area contributed by atoms with Crippen LogP contribution in [0.15, 0.2) is 30.6 Å². The second kappa shape index (κ2) is 8.07. The van der Waals surface area contributed by atoms with Crippen LogP contribution in [-0.4, -0.2) is 47.1 Å². The number of hydrogen-bond donors (Lipinski definition) is 0. The summed E-state index contributed by atoms with van der Waals surface area (Å²) >= 11 is 0. The molecular formula is C18H19F2N3O3. The molecule has 0 radical (unpaired) electrons. The van der Waals surface area contributed by atoms with E-state index in [1.165, 1.54) is 25.6 Å². The largest absolute Gasteiger partial charge is 0.480 e. The molecular weight excluding hydrogens is 344 g/mol. The lowest BCUT2D eigenvalue weighted by atomic mass is 10.1. The van der Waals surface area contributed by atoms with Gasteiger partial charge in [0.1, 0.15) is 17.7 Å². The summed E-state index contributed by atoms with van der Waals surface area (Å²) in [5, 5.41) is 0. The summed E-state index contributed by atoms with van der Waals surface area (Å²) in [6, 6.07) is 3.23. The molecule has 1 aliphatic rings. The summed E-state index contributed by atoms with van der Waals surface area (Å²) in [5.41, 5.74) is 0.179. The lowest BCUT2D eigenvalue weighted by Gasteiger charge is -2.32. The van der Waals surface area contributed by atoms with Crippen molar-refractivity contribution in [3.05, 3.63) is 47.8 Å². The van der Waals surface area contributed by atoms with Gasteiger partial charge in [-0.25, -0.2) is 8.78 Å². The predicted molar refractivity (Wildman–Crippen MR) is 88.9 cm³/mol. The van der Waals surface area contributed by atoms with Crippen LogP contribution < -0.4 is 9.47 Å². The number of rotatable bonds is 5. The quantitative estimate of drug-likeness (QED) is 0.816. The first kappa shape index (κ1) is 18.0. The fourth-order valence-corrected chi connectivity index (χ4v) is 2.86. The average molecular weight is 363 g/mol. The van der Waals surface area contributed by atoms with Gasteiger partial charge in [-0.05, 0) is 24.5 Å². The Hall–Kier alpha value is -2.77. The zero-order chi connectivity index (χ0) is 18.5. The van der Waals surface area contributed by atoms with E-state index < -0.39 is 11.6 Å². The van der Waals surface area contributed by atoms with Crippen molar-refractivity contribution in [1.29, 1.82) is 0 Å². The molecule has 1 saturated heterocycles. The molecule has 0 aliphatic carbocycles. The maximum Gasteiger partial charge on any atom is 0.235 e. The molecule has 2 aromatic rings. The first-order valence-electron chi connectivity index (χ1n) is 8.29. The van der Waals surface area contributed by atoms with E-state index in [-0.39, 0.29) is 24.0 Å². The highest BCUT2D eigenvalue weighted by molar-refractivity contribution is 5.79. The summed E-state index contributed by atoms with van der Waals surface area (Å²) in [6.07, 6.45) is 4.15. The maximum absolute atomic E-state index is 13.8. The lowest BCUT2D eigenvalue weighted by Crippen LogP contribution is -2.45. The van der Waals surface area contributed by atoms with Crippen LogP contribution in [0.3, 0.4) is 0 Å². The monoisotopic (exact) mass is 363 g/mol. The zero-order valence-corrected chi connectivity index (χ0v) is 14.3. The summed E-state index contributed by atoms with van der Waals surface area (Å²) in [5.74, 6) is -0.925. The van der Waals surface area contributed by atoms with Gasteiger partial charge in [-0.2, -0.15) is 4.98 Å². The van der Waals surface area contributed by atoms with E-state index in [0.29, 0.717) is 24.8 Å². The van der Waals surface area contributed by atoms with Crippen LogP contribution >= 0.6 is 0 Å². The topological polar surface area (TPSA) is 64.6 Å². The van der Waals surface area contributed by atoms with Gasteiger partial charge in [0.05, 0.1) is 32.5 Å². The van der Waals surface area contributed by atoms with Gasteiger partial charge >= 0.3 is 0 Å². The second-order valence-electron chi connectivity index (χ2n) is 6.03. The van der Waals surface area contributed by atoms with Crippen molar-refractivity contribution in [2.45, 2.75) is 25.4 Å². The third-order valence-electron chi connectivity index (χ3n) is 4.17. The van der Waals surface area contributed by atoms with E-state index in [0.717, 1.165) is 25.0 Å². The highest BCUT2D eigenvalue weighted by Crippen LogP contribution is 2.19. The van der Waals surface area contributed by atoms with E-state index in [9.17, 15) is 13.6 Å². The normalized spacial score (nSPS) is 17.0. The van der Waals surface area contributed by atoms with Gasteiger partial charge in [0.25, 0.3) is 0 Å². The first-order valence-corrected chi connectivity index (χ1v) is 8.29. The molecule has 1 aliphatic heterocycles. The van der Waals surface area contributed by atoms with E-state index in [1.807, 2.05) is 0 Å². The molecule has 6 nitrogen and oxygen atoms in total. The molecule has 8 heteroatoms. The van der Waals surface area contributed by atoms with Crippen molar-refractivity contribution < 1.29 is 23.0 Å². The van der Waals surface area contributed by atoms with Crippen LogP contribution in [0.25, 0.3) is 0 Å². The third kappa shape index (κ3) is 4.44. The number of likely N-dealkylation sites (tertiary alicyclic amines) is 1. The molecule has 1 amide bonds. The smallest absolute Gasteiger partial charge is 0.235 e. The molecule has 1 fully saturated rings. The fraction of sp³-hybridized carbons (Fsp3) is 0.389. The molecule has 2 heterocycles. The molecule has 0 saturated carbocycles. The Labute approximate surface area is 149 Å². The number of methoxy groups -OCH3 is 1. The minimum Gasteiger partial charge on any atom is -0.480 e. The number of aromatic nitrogens is 2. The van der Waals surface area contributed by atoms with Crippen LogP contribution in [0.4, 0.5) is 8.78 Å². The van der Waals surface area contributed by atoms with E-state index in [1.54, 1.807) is 4.90 Å². The molecule has 0 N–H and O–H groups in total. The number of amides is 1. The van der Waals surface area contributed by atoms with Crippen molar-refractivity contribution in [3.8, 4) is 11.8 Å². The number of carbonyl (C=O) groups excluding carboxylic acids is 1. The SMILES string of the molecule is COc1cncc(OC2CCCN(C(=O)Cc3ccc(F)cc3F)C2)n1. The van der Waals surface area contributed by atoms with Gasteiger partial charge in [-0.15, -0.1) is 0 Å². The lowest BCUT2D eigenvalue weighted by molar-refractivity contribution is -0.133. The third-order valence-corrected chi connectivity index (χ3v) is 4.17. The van der Waals surface area contributed by atoms with Crippen LogP contribution in [0.5, 0.6) is 11.8 Å². The summed E-state index contributed by atoms with van der Waals surface area (Å²) in [7, 11) is 1.49. The van der Waals surface area contributed by atoms with Crippen molar-refractivity contribution >= 4 is 5.91 Å². The Morgan fingerprint density at radius 2 is 2.12 bits per heavy atom. The van der Waals surface area contributed by atoms with E-state index in [4.69, 9.17) is 9.47 Å². The van der Waals surface area contributed by atoms with Gasteiger partial charge in [-0.3, -0.25) is 9.78 Å². The maximum atomic E-state index is 13.8. The minimum absolute atomic E-state index is 0.113. The summed E-state index contributed by atoms with van der Waals surface area (Å²) in [4.78, 5) is 22.2. The number of halogens is 2. The van der Waals surface area contributed by atoms with Crippen molar-refractivity contribution in [3.63, 3.8) is 0 Å². The average Bonchev–Trinajstić information content (AvgIpc) is 2.64. The van der Waals surface area contributed by atoms with Crippen LogP contribution in [0.2, 0.25) is 0 Å². The number of ether oxygens (including phenoxy) is 2. The Kier molecular flexibility index (Phi) is 5.60. The number of benzene rings is 1. The molecule has 0 spiro atoms. The molecule has 0 bridgehead atoms. The molecule has 1 atom stereocenters. The van der Waals surface area contributed by atoms with Crippen LogP contribution in [0, 0.1) is 11.6 Å². The highest BCUT2D eigenvalue weighted by atomic mass is 19.1. The van der Waals surface area contributed by atoms with Crippen molar-refractivity contribution in [1.82, 2.24) is 14.9 Å². The van der Waals surface area contributed by atoms with Crippen LogP contribution in [-0.2, 0) is 11.2 Å². The predicted octanol–water partition coefficient (Wildman–Crippen LogP) is 2.38. The number of hydrogen-bond acceptors (Lipinski definition) is 5. The summed E-state index contributed by atoms with van der Waals surface area (Å²) < 4.78 is 37.5. The number of piperidine rings is 1. The Morgan fingerprint density at radius 3 is 2.88 bits per heavy atom. The Balaban J connectivity index is 1.61. The van der Waals surface area contributed by atoms with Gasteiger partial charge in [0.2, 0.25) is 17.7 Å². The van der Waals surface area contributed by atoms with E-state index in [2.05, 4.69) is 9.97 Å². The van der Waals surface area contributed by atoms with Gasteiger partial charge < -0.3 is 14.4 Å².